The third-order valence-corrected chi connectivity index (χ3v) is 6.13. The van der Waals surface area contributed by atoms with Crippen LogP contribution in [0.2, 0.25) is 0 Å². The van der Waals surface area contributed by atoms with Crippen LogP contribution in [0.25, 0.3) is 0 Å². The van der Waals surface area contributed by atoms with Gasteiger partial charge in [0.2, 0.25) is 0 Å². The van der Waals surface area contributed by atoms with Gasteiger partial charge in [0.25, 0.3) is 11.6 Å². The van der Waals surface area contributed by atoms with Crippen LogP contribution in [0, 0.1) is 22.0 Å². The van der Waals surface area contributed by atoms with E-state index in [0.717, 1.165) is 56.7 Å². The summed E-state index contributed by atoms with van der Waals surface area (Å²) in [4.78, 5) is 26.1. The van der Waals surface area contributed by atoms with Crippen LogP contribution in [0.4, 0.5) is 24.5 Å². The van der Waals surface area contributed by atoms with Gasteiger partial charge in [0, 0.05) is 36.0 Å². The van der Waals surface area contributed by atoms with E-state index in [-0.39, 0.29) is 16.9 Å². The maximum atomic E-state index is 12.7. The molecule has 0 aliphatic carbocycles. The van der Waals surface area contributed by atoms with E-state index in [2.05, 4.69) is 24.1 Å². The first-order valence-corrected chi connectivity index (χ1v) is 11.5. The molecule has 0 bridgehead atoms. The maximum absolute atomic E-state index is 12.7. The number of carbonyl (C=O) groups is 1. The molecule has 1 N–H and O–H groups in total. The first-order chi connectivity index (χ1) is 16.0. The second-order valence-electron chi connectivity index (χ2n) is 9.29. The van der Waals surface area contributed by atoms with Crippen molar-refractivity contribution in [3.63, 3.8) is 0 Å². The number of benzene rings is 2. The highest BCUT2D eigenvalue weighted by atomic mass is 19.4. The lowest BCUT2D eigenvalue weighted by atomic mass is 9.92. The highest BCUT2D eigenvalue weighted by Crippen LogP contribution is 2.30. The van der Waals surface area contributed by atoms with Crippen molar-refractivity contribution in [2.24, 2.45) is 11.8 Å². The standard InChI is InChI=1S/C25H30F3N3O3/c1-17-13-18(2)16-30(15-17)12-4-3-5-19-6-7-20(14-23(19)31(33)34)24(32)29-22-10-8-21(9-11-22)25(26,27)28/h6-11,14,17-18H,3-5,12-13,15-16H2,1-2H3,(H,29,32)/t17-,18-/m0/s1. The molecule has 0 radical (unpaired) electrons. The van der Waals surface area contributed by atoms with E-state index in [1.54, 1.807) is 6.07 Å². The van der Waals surface area contributed by atoms with Crippen molar-refractivity contribution in [1.82, 2.24) is 4.90 Å². The molecule has 2 aromatic carbocycles. The summed E-state index contributed by atoms with van der Waals surface area (Å²) in [6.07, 6.45) is -0.939. The van der Waals surface area contributed by atoms with Crippen LogP contribution in [-0.2, 0) is 12.6 Å². The van der Waals surface area contributed by atoms with Crippen LogP contribution < -0.4 is 5.32 Å². The van der Waals surface area contributed by atoms with Crippen LogP contribution >= 0.6 is 0 Å². The number of unbranched alkanes of at least 4 members (excludes halogenated alkanes) is 1. The van der Waals surface area contributed by atoms with E-state index >= 15 is 0 Å². The Morgan fingerprint density at radius 1 is 1.09 bits per heavy atom. The number of rotatable bonds is 8. The van der Waals surface area contributed by atoms with Gasteiger partial charge in [-0.25, -0.2) is 0 Å². The number of likely N-dealkylation sites (tertiary alicyclic amines) is 1. The number of nitrogens with zero attached hydrogens (tertiary/aromatic N) is 2. The zero-order chi connectivity index (χ0) is 24.9. The second-order valence-corrected chi connectivity index (χ2v) is 9.29. The molecule has 34 heavy (non-hydrogen) atoms. The Morgan fingerprint density at radius 2 is 1.74 bits per heavy atom. The molecule has 2 aromatic rings. The fourth-order valence-electron chi connectivity index (χ4n) is 4.66. The lowest BCUT2D eigenvalue weighted by Gasteiger charge is -2.34. The highest BCUT2D eigenvalue weighted by Gasteiger charge is 2.30. The number of halogens is 3. The number of nitro groups is 1. The molecule has 1 heterocycles. The van der Waals surface area contributed by atoms with Crippen LogP contribution in [0.1, 0.15) is 54.6 Å². The third-order valence-electron chi connectivity index (χ3n) is 6.13. The summed E-state index contributed by atoms with van der Waals surface area (Å²) in [6, 6.07) is 8.35. The molecule has 2 atom stereocenters. The van der Waals surface area contributed by atoms with E-state index in [9.17, 15) is 28.1 Å². The number of nitrogens with one attached hydrogen (secondary N) is 1. The van der Waals surface area contributed by atoms with Crippen molar-refractivity contribution in [2.45, 2.75) is 45.7 Å². The highest BCUT2D eigenvalue weighted by molar-refractivity contribution is 6.04. The number of piperidine rings is 1. The summed E-state index contributed by atoms with van der Waals surface area (Å²) in [5, 5.41) is 14.1. The average Bonchev–Trinajstić information content (AvgIpc) is 2.75. The maximum Gasteiger partial charge on any atom is 0.416 e. The summed E-state index contributed by atoms with van der Waals surface area (Å²) in [5.74, 6) is 0.750. The Hall–Kier alpha value is -2.94. The van der Waals surface area contributed by atoms with Crippen molar-refractivity contribution in [1.29, 1.82) is 0 Å². The fraction of sp³-hybridized carbons (Fsp3) is 0.480. The lowest BCUT2D eigenvalue weighted by molar-refractivity contribution is -0.385. The number of aryl methyl sites for hydroxylation is 1. The summed E-state index contributed by atoms with van der Waals surface area (Å²) < 4.78 is 38.1. The number of anilines is 1. The molecule has 0 spiro atoms. The Bertz CT molecular complexity index is 999. The number of hydrogen-bond acceptors (Lipinski definition) is 4. The predicted octanol–water partition coefficient (Wildman–Crippen LogP) is 6.17. The minimum atomic E-state index is -4.47. The van der Waals surface area contributed by atoms with E-state index in [4.69, 9.17) is 0 Å². The van der Waals surface area contributed by atoms with Crippen molar-refractivity contribution in [3.05, 3.63) is 69.3 Å². The van der Waals surface area contributed by atoms with Crippen molar-refractivity contribution in [2.75, 3.05) is 25.0 Å². The van der Waals surface area contributed by atoms with E-state index in [1.165, 1.54) is 18.6 Å². The van der Waals surface area contributed by atoms with Crippen molar-refractivity contribution in [3.8, 4) is 0 Å². The summed E-state index contributed by atoms with van der Waals surface area (Å²) in [5.41, 5.74) is -0.135. The number of hydrogen-bond donors (Lipinski definition) is 1. The molecule has 3 rings (SSSR count). The Labute approximate surface area is 197 Å². The minimum absolute atomic E-state index is 0.0756. The topological polar surface area (TPSA) is 75.5 Å². The van der Waals surface area contributed by atoms with Gasteiger partial charge in [0.05, 0.1) is 10.5 Å². The molecular weight excluding hydrogens is 447 g/mol. The number of nitro benzene ring substituents is 1. The second kappa shape index (κ2) is 11.0. The Balaban J connectivity index is 1.59. The number of amides is 1. The van der Waals surface area contributed by atoms with Gasteiger partial charge in [-0.05, 0) is 74.4 Å². The van der Waals surface area contributed by atoms with Crippen LogP contribution in [0.5, 0.6) is 0 Å². The Kier molecular flexibility index (Phi) is 8.30. The predicted molar refractivity (Wildman–Crippen MR) is 125 cm³/mol. The zero-order valence-corrected chi connectivity index (χ0v) is 19.4. The van der Waals surface area contributed by atoms with Crippen molar-refractivity contribution >= 4 is 17.3 Å². The molecule has 1 saturated heterocycles. The van der Waals surface area contributed by atoms with Gasteiger partial charge >= 0.3 is 6.18 Å². The average molecular weight is 478 g/mol. The normalized spacial score (nSPS) is 19.1. The van der Waals surface area contributed by atoms with Gasteiger partial charge in [-0.3, -0.25) is 14.9 Å². The van der Waals surface area contributed by atoms with E-state index in [1.807, 2.05) is 0 Å². The first-order valence-electron chi connectivity index (χ1n) is 11.5. The smallest absolute Gasteiger partial charge is 0.322 e. The molecule has 0 aromatic heterocycles. The van der Waals surface area contributed by atoms with Gasteiger partial charge in [-0.1, -0.05) is 19.9 Å². The summed E-state index contributed by atoms with van der Waals surface area (Å²) in [7, 11) is 0. The molecule has 9 heteroatoms. The molecule has 1 aliphatic heterocycles. The van der Waals surface area contributed by atoms with Gasteiger partial charge in [-0.15, -0.1) is 0 Å². The molecule has 0 saturated carbocycles. The first kappa shape index (κ1) is 25.7. The molecule has 1 aliphatic rings. The van der Waals surface area contributed by atoms with Gasteiger partial charge < -0.3 is 10.2 Å². The van der Waals surface area contributed by atoms with Gasteiger partial charge in [-0.2, -0.15) is 13.2 Å². The molecule has 6 nitrogen and oxygen atoms in total. The Morgan fingerprint density at radius 3 is 2.32 bits per heavy atom. The van der Waals surface area contributed by atoms with E-state index in [0.29, 0.717) is 23.8 Å². The molecule has 1 fully saturated rings. The quantitative estimate of drug-likeness (QED) is 0.280. The van der Waals surface area contributed by atoms with E-state index < -0.39 is 22.6 Å². The van der Waals surface area contributed by atoms with Gasteiger partial charge in [0.15, 0.2) is 0 Å². The summed E-state index contributed by atoms with van der Waals surface area (Å²) >= 11 is 0. The molecular formula is C25H30F3N3O3. The summed E-state index contributed by atoms with van der Waals surface area (Å²) in [6.45, 7) is 7.68. The fourth-order valence-corrected chi connectivity index (χ4v) is 4.66. The number of alkyl halides is 3. The van der Waals surface area contributed by atoms with Gasteiger partial charge in [0.1, 0.15) is 0 Å². The number of carbonyl (C=O) groups excluding carboxylic acids is 1. The monoisotopic (exact) mass is 477 g/mol. The molecule has 184 valence electrons. The molecule has 1 amide bonds. The minimum Gasteiger partial charge on any atom is -0.322 e. The zero-order valence-electron chi connectivity index (χ0n) is 19.4. The third kappa shape index (κ3) is 7.03. The van der Waals surface area contributed by atoms with Crippen LogP contribution in [0.15, 0.2) is 42.5 Å². The largest absolute Gasteiger partial charge is 0.416 e. The molecule has 0 unspecified atom stereocenters. The lowest BCUT2D eigenvalue weighted by Crippen LogP contribution is -2.39. The van der Waals surface area contributed by atoms with Crippen LogP contribution in [-0.4, -0.2) is 35.4 Å². The van der Waals surface area contributed by atoms with Crippen molar-refractivity contribution < 1.29 is 22.9 Å². The SMILES string of the molecule is C[C@H]1C[C@H](C)CN(CCCCc2ccc(C(=O)Nc3ccc(C(F)(F)F)cc3)cc2[N+](=O)[O-])C1. The van der Waals surface area contributed by atoms with Crippen LogP contribution in [0.3, 0.4) is 0 Å².